The Balaban J connectivity index is 3.22. The summed E-state index contributed by atoms with van der Waals surface area (Å²) in [6.45, 7) is 6.44. The van der Waals surface area contributed by atoms with E-state index in [1.165, 1.54) is 6.07 Å². The highest BCUT2D eigenvalue weighted by atomic mass is 35.5. The van der Waals surface area contributed by atoms with E-state index >= 15 is 0 Å². The SMILES string of the molecule is CC[Si](CC)(CC)c1cnc(Cl)cc1F. The highest BCUT2D eigenvalue weighted by molar-refractivity contribution is 6.91. The molecule has 0 aliphatic carbocycles. The first-order valence-electron chi connectivity index (χ1n) is 5.41. The average molecular weight is 246 g/mol. The predicted molar refractivity (Wildman–Crippen MR) is 66.0 cm³/mol. The maximum Gasteiger partial charge on any atom is 0.131 e. The fourth-order valence-electron chi connectivity index (χ4n) is 2.12. The minimum atomic E-state index is -1.66. The van der Waals surface area contributed by atoms with Crippen molar-refractivity contribution in [2.45, 2.75) is 38.9 Å². The summed E-state index contributed by atoms with van der Waals surface area (Å²) in [6.07, 6.45) is 1.64. The predicted octanol–water partition coefficient (Wildman–Crippen LogP) is 3.59. The number of hydrogen-bond donors (Lipinski definition) is 0. The van der Waals surface area contributed by atoms with E-state index < -0.39 is 8.07 Å². The standard InChI is InChI=1S/C11H17ClFNSi/c1-4-15(5-2,6-3)10-8-14-11(12)7-9(10)13/h7-8H,4-6H2,1-3H3. The summed E-state index contributed by atoms with van der Waals surface area (Å²) >= 11 is 5.66. The van der Waals surface area contributed by atoms with Gasteiger partial charge in [0.25, 0.3) is 0 Å². The normalized spacial score (nSPS) is 11.8. The molecule has 0 saturated carbocycles. The second-order valence-corrected chi connectivity index (χ2v) is 9.44. The van der Waals surface area contributed by atoms with Crippen LogP contribution in [0.1, 0.15) is 20.8 Å². The topological polar surface area (TPSA) is 12.9 Å². The molecule has 0 fully saturated rings. The van der Waals surface area contributed by atoms with Crippen molar-refractivity contribution in [3.05, 3.63) is 23.2 Å². The lowest BCUT2D eigenvalue weighted by Gasteiger charge is -2.28. The molecule has 0 aliphatic rings. The van der Waals surface area contributed by atoms with Crippen LogP contribution in [0, 0.1) is 5.82 Å². The molecule has 0 spiro atoms. The first-order chi connectivity index (χ1) is 7.09. The minimum Gasteiger partial charge on any atom is -0.244 e. The van der Waals surface area contributed by atoms with Crippen molar-refractivity contribution in [3.8, 4) is 0 Å². The van der Waals surface area contributed by atoms with Crippen LogP contribution in [0.5, 0.6) is 0 Å². The van der Waals surface area contributed by atoms with Crippen molar-refractivity contribution < 1.29 is 4.39 Å². The number of nitrogens with zero attached hydrogens (tertiary/aromatic N) is 1. The molecule has 1 heterocycles. The molecule has 1 nitrogen and oxygen atoms in total. The Hall–Kier alpha value is -0.413. The molecule has 0 aliphatic heterocycles. The van der Waals surface area contributed by atoms with Gasteiger partial charge in [-0.15, -0.1) is 0 Å². The Morgan fingerprint density at radius 1 is 1.27 bits per heavy atom. The Kier molecular flexibility index (Phi) is 4.29. The van der Waals surface area contributed by atoms with E-state index in [2.05, 4.69) is 25.8 Å². The molecule has 4 heteroatoms. The lowest BCUT2D eigenvalue weighted by atomic mass is 10.5. The van der Waals surface area contributed by atoms with Crippen LogP contribution < -0.4 is 5.19 Å². The zero-order valence-electron chi connectivity index (χ0n) is 9.48. The van der Waals surface area contributed by atoms with Gasteiger partial charge in [0.15, 0.2) is 0 Å². The number of rotatable bonds is 4. The second-order valence-electron chi connectivity index (χ2n) is 3.83. The quantitative estimate of drug-likeness (QED) is 0.584. The third-order valence-electron chi connectivity index (χ3n) is 3.42. The molecule has 0 saturated heterocycles. The Bertz CT molecular complexity index is 331. The van der Waals surface area contributed by atoms with Crippen LogP contribution >= 0.6 is 11.6 Å². The minimum absolute atomic E-state index is 0.174. The molecule has 15 heavy (non-hydrogen) atoms. The first-order valence-corrected chi connectivity index (χ1v) is 8.41. The lowest BCUT2D eigenvalue weighted by Crippen LogP contribution is -2.47. The Labute approximate surface area is 96.7 Å². The van der Waals surface area contributed by atoms with E-state index in [-0.39, 0.29) is 11.0 Å². The molecule has 1 rings (SSSR count). The van der Waals surface area contributed by atoms with E-state index in [0.29, 0.717) is 0 Å². The van der Waals surface area contributed by atoms with E-state index in [9.17, 15) is 4.39 Å². The fourth-order valence-corrected chi connectivity index (χ4v) is 5.82. The summed E-state index contributed by atoms with van der Waals surface area (Å²) in [5.74, 6) is -0.174. The lowest BCUT2D eigenvalue weighted by molar-refractivity contribution is 0.632. The van der Waals surface area contributed by atoms with Crippen molar-refractivity contribution in [1.29, 1.82) is 0 Å². The van der Waals surface area contributed by atoms with E-state index in [1.807, 2.05) is 0 Å². The molecule has 1 aromatic rings. The van der Waals surface area contributed by atoms with Gasteiger partial charge >= 0.3 is 0 Å². The van der Waals surface area contributed by atoms with Gasteiger partial charge < -0.3 is 0 Å². The van der Waals surface area contributed by atoms with Crippen molar-refractivity contribution in [1.82, 2.24) is 4.98 Å². The van der Waals surface area contributed by atoms with E-state index in [1.54, 1.807) is 6.20 Å². The van der Waals surface area contributed by atoms with Gasteiger partial charge in [0.1, 0.15) is 11.0 Å². The zero-order valence-corrected chi connectivity index (χ0v) is 11.2. The highest BCUT2D eigenvalue weighted by Gasteiger charge is 2.32. The van der Waals surface area contributed by atoms with Crippen molar-refractivity contribution >= 4 is 24.9 Å². The molecule has 0 unspecified atom stereocenters. The van der Waals surface area contributed by atoms with Gasteiger partial charge in [-0.25, -0.2) is 9.37 Å². The summed E-state index contributed by atoms with van der Waals surface area (Å²) in [6, 6.07) is 4.50. The van der Waals surface area contributed by atoms with Crippen LogP contribution in [0.25, 0.3) is 0 Å². The number of hydrogen-bond acceptors (Lipinski definition) is 1. The van der Waals surface area contributed by atoms with Crippen LogP contribution in [0.15, 0.2) is 12.3 Å². The average Bonchev–Trinajstić information content (AvgIpc) is 2.23. The summed E-state index contributed by atoms with van der Waals surface area (Å²) < 4.78 is 13.8. The zero-order chi connectivity index (χ0) is 11.5. The van der Waals surface area contributed by atoms with E-state index in [0.717, 1.165) is 23.3 Å². The maximum atomic E-state index is 13.8. The van der Waals surface area contributed by atoms with Gasteiger partial charge in [-0.2, -0.15) is 0 Å². The van der Waals surface area contributed by atoms with Gasteiger partial charge in [0, 0.05) is 12.3 Å². The molecule has 0 radical (unpaired) electrons. The number of aromatic nitrogens is 1. The molecule has 1 aromatic heterocycles. The molecule has 0 N–H and O–H groups in total. The number of pyridine rings is 1. The van der Waals surface area contributed by atoms with Crippen molar-refractivity contribution in [3.63, 3.8) is 0 Å². The molecular formula is C11H17ClFNSi. The highest BCUT2D eigenvalue weighted by Crippen LogP contribution is 2.21. The van der Waals surface area contributed by atoms with Crippen molar-refractivity contribution in [2.75, 3.05) is 0 Å². The Morgan fingerprint density at radius 3 is 2.20 bits per heavy atom. The van der Waals surface area contributed by atoms with E-state index in [4.69, 9.17) is 11.6 Å². The van der Waals surface area contributed by atoms with Gasteiger partial charge in [0.2, 0.25) is 0 Å². The summed E-state index contributed by atoms with van der Waals surface area (Å²) in [5, 5.41) is 1.07. The Morgan fingerprint density at radius 2 is 1.80 bits per heavy atom. The largest absolute Gasteiger partial charge is 0.244 e. The maximum absolute atomic E-state index is 13.8. The summed E-state index contributed by atoms with van der Waals surface area (Å²) in [7, 11) is -1.66. The fraction of sp³-hybridized carbons (Fsp3) is 0.545. The van der Waals surface area contributed by atoms with Crippen LogP contribution in [-0.4, -0.2) is 13.1 Å². The van der Waals surface area contributed by atoms with Crippen LogP contribution in [0.3, 0.4) is 0 Å². The van der Waals surface area contributed by atoms with Gasteiger partial charge in [-0.3, -0.25) is 0 Å². The summed E-state index contributed by atoms with van der Waals surface area (Å²) in [4.78, 5) is 4.01. The van der Waals surface area contributed by atoms with Crippen LogP contribution in [-0.2, 0) is 0 Å². The van der Waals surface area contributed by atoms with Crippen molar-refractivity contribution in [2.24, 2.45) is 0 Å². The van der Waals surface area contributed by atoms with Crippen LogP contribution in [0.2, 0.25) is 23.3 Å². The third-order valence-corrected chi connectivity index (χ3v) is 9.20. The van der Waals surface area contributed by atoms with Crippen LogP contribution in [0.4, 0.5) is 4.39 Å². The van der Waals surface area contributed by atoms with Gasteiger partial charge in [0.05, 0.1) is 8.07 Å². The second kappa shape index (κ2) is 5.08. The molecule has 0 atom stereocenters. The monoisotopic (exact) mass is 245 g/mol. The van der Waals surface area contributed by atoms with Gasteiger partial charge in [-0.05, 0) is 5.19 Å². The smallest absolute Gasteiger partial charge is 0.131 e. The molecule has 84 valence electrons. The summed E-state index contributed by atoms with van der Waals surface area (Å²) in [5.41, 5.74) is 0. The third kappa shape index (κ3) is 2.40. The van der Waals surface area contributed by atoms with Gasteiger partial charge in [-0.1, -0.05) is 50.5 Å². The molecule has 0 aromatic carbocycles. The molecule has 0 amide bonds. The number of halogens is 2. The first kappa shape index (κ1) is 12.7. The molecular weight excluding hydrogens is 229 g/mol. The molecule has 0 bridgehead atoms.